The van der Waals surface area contributed by atoms with E-state index >= 15 is 0 Å². The fourth-order valence-electron chi connectivity index (χ4n) is 2.46. The number of nitrogens with zero attached hydrogens (tertiary/aromatic N) is 1. The van der Waals surface area contributed by atoms with Crippen LogP contribution in [-0.4, -0.2) is 41.9 Å². The Morgan fingerprint density at radius 1 is 1.35 bits per heavy atom. The zero-order valence-corrected chi connectivity index (χ0v) is 14.1. The number of nitrogens with one attached hydrogen (secondary N) is 1. The number of aliphatic hydroxyl groups is 1. The number of benzene rings is 1. The molecule has 1 aromatic heterocycles. The summed E-state index contributed by atoms with van der Waals surface area (Å²) >= 11 is 0. The monoisotopic (exact) mass is 316 g/mol. The van der Waals surface area contributed by atoms with Crippen molar-refractivity contribution in [3.05, 3.63) is 40.6 Å². The molecule has 0 radical (unpaired) electrons. The smallest absolute Gasteiger partial charge is 0.252 e. The van der Waals surface area contributed by atoms with E-state index in [1.807, 2.05) is 39.8 Å². The van der Waals surface area contributed by atoms with E-state index in [0.29, 0.717) is 12.2 Å². The Kier molecular flexibility index (Phi) is 5.69. The van der Waals surface area contributed by atoms with Crippen molar-refractivity contribution < 1.29 is 14.6 Å². The van der Waals surface area contributed by atoms with E-state index in [2.05, 4.69) is 10.3 Å². The van der Waals surface area contributed by atoms with E-state index in [1.54, 1.807) is 6.07 Å². The van der Waals surface area contributed by atoms with Crippen LogP contribution < -0.4 is 5.32 Å². The molecule has 0 saturated carbocycles. The first-order valence-electron chi connectivity index (χ1n) is 7.85. The van der Waals surface area contributed by atoms with E-state index in [9.17, 15) is 9.90 Å². The SMILES string of the molecule is CCOC[C@@H](O)CNC(=O)c1cc(C)nc2c(C)c(C)ccc12. The topological polar surface area (TPSA) is 71.5 Å². The first kappa shape index (κ1) is 17.4. The van der Waals surface area contributed by atoms with Crippen LogP contribution in [0.15, 0.2) is 18.2 Å². The van der Waals surface area contributed by atoms with Crippen LogP contribution in [-0.2, 0) is 4.74 Å². The lowest BCUT2D eigenvalue weighted by Crippen LogP contribution is -2.34. The molecule has 2 rings (SSSR count). The molecule has 5 heteroatoms. The number of ether oxygens (including phenoxy) is 1. The highest BCUT2D eigenvalue weighted by atomic mass is 16.5. The Morgan fingerprint density at radius 3 is 2.78 bits per heavy atom. The highest BCUT2D eigenvalue weighted by molar-refractivity contribution is 6.07. The predicted octanol–water partition coefficient (Wildman–Crippen LogP) is 2.29. The summed E-state index contributed by atoms with van der Waals surface area (Å²) in [7, 11) is 0. The van der Waals surface area contributed by atoms with Gasteiger partial charge in [-0.3, -0.25) is 9.78 Å². The number of amides is 1. The molecule has 1 amide bonds. The zero-order valence-electron chi connectivity index (χ0n) is 14.1. The van der Waals surface area contributed by atoms with Crippen molar-refractivity contribution >= 4 is 16.8 Å². The minimum Gasteiger partial charge on any atom is -0.389 e. The third-order valence-corrected chi connectivity index (χ3v) is 3.89. The quantitative estimate of drug-likeness (QED) is 0.858. The molecule has 0 fully saturated rings. The van der Waals surface area contributed by atoms with Crippen LogP contribution in [0.1, 0.15) is 34.1 Å². The number of rotatable bonds is 6. The molecule has 2 aromatic rings. The van der Waals surface area contributed by atoms with E-state index in [4.69, 9.17) is 4.74 Å². The lowest BCUT2D eigenvalue weighted by Gasteiger charge is -2.14. The highest BCUT2D eigenvalue weighted by Crippen LogP contribution is 2.23. The number of aromatic nitrogens is 1. The van der Waals surface area contributed by atoms with Gasteiger partial charge in [-0.25, -0.2) is 0 Å². The van der Waals surface area contributed by atoms with Crippen LogP contribution >= 0.6 is 0 Å². The molecule has 0 spiro atoms. The second kappa shape index (κ2) is 7.53. The van der Waals surface area contributed by atoms with Gasteiger partial charge in [-0.15, -0.1) is 0 Å². The van der Waals surface area contributed by atoms with E-state index in [-0.39, 0.29) is 19.1 Å². The molecule has 1 aromatic carbocycles. The Morgan fingerprint density at radius 2 is 2.09 bits per heavy atom. The van der Waals surface area contributed by atoms with Crippen molar-refractivity contribution in [3.8, 4) is 0 Å². The molecule has 0 bridgehead atoms. The van der Waals surface area contributed by atoms with Crippen LogP contribution in [0.4, 0.5) is 0 Å². The third-order valence-electron chi connectivity index (χ3n) is 3.89. The molecule has 1 atom stereocenters. The Labute approximate surface area is 136 Å². The summed E-state index contributed by atoms with van der Waals surface area (Å²) < 4.78 is 5.14. The summed E-state index contributed by atoms with van der Waals surface area (Å²) in [6.07, 6.45) is -0.711. The number of fused-ring (bicyclic) bond motifs is 1. The maximum absolute atomic E-state index is 12.5. The van der Waals surface area contributed by atoms with Crippen LogP contribution in [0.2, 0.25) is 0 Å². The molecule has 0 aliphatic carbocycles. The number of hydrogen-bond donors (Lipinski definition) is 2. The molecular formula is C18H24N2O3. The second-order valence-electron chi connectivity index (χ2n) is 5.74. The van der Waals surface area contributed by atoms with Gasteiger partial charge >= 0.3 is 0 Å². The van der Waals surface area contributed by atoms with Crippen molar-refractivity contribution in [2.75, 3.05) is 19.8 Å². The number of aryl methyl sites for hydroxylation is 3. The van der Waals surface area contributed by atoms with Crippen molar-refractivity contribution in [3.63, 3.8) is 0 Å². The van der Waals surface area contributed by atoms with Gasteiger partial charge in [-0.2, -0.15) is 0 Å². The number of carbonyl (C=O) groups excluding carboxylic acids is 1. The molecule has 2 N–H and O–H groups in total. The first-order valence-corrected chi connectivity index (χ1v) is 7.85. The first-order chi connectivity index (χ1) is 10.9. The van der Waals surface area contributed by atoms with Crippen molar-refractivity contribution in [2.24, 2.45) is 0 Å². The van der Waals surface area contributed by atoms with Gasteiger partial charge in [0.05, 0.1) is 23.8 Å². The van der Waals surface area contributed by atoms with E-state index in [1.165, 1.54) is 0 Å². The number of aliphatic hydroxyl groups excluding tert-OH is 1. The number of hydrogen-bond acceptors (Lipinski definition) is 4. The highest BCUT2D eigenvalue weighted by Gasteiger charge is 2.15. The van der Waals surface area contributed by atoms with E-state index in [0.717, 1.165) is 27.7 Å². The predicted molar refractivity (Wildman–Crippen MR) is 90.8 cm³/mol. The standard InChI is InChI=1S/C18H24N2O3/c1-5-23-10-14(21)9-19-18(22)16-8-12(3)20-17-13(4)11(2)6-7-15(16)17/h6-8,14,21H,5,9-10H2,1-4H3,(H,19,22)/t14-/m0/s1. The van der Waals surface area contributed by atoms with Crippen molar-refractivity contribution in [1.29, 1.82) is 0 Å². The average Bonchev–Trinajstić information content (AvgIpc) is 2.53. The van der Waals surface area contributed by atoms with Gasteiger partial charge in [-0.05, 0) is 44.9 Å². The summed E-state index contributed by atoms with van der Waals surface area (Å²) in [6.45, 7) is 8.69. The Balaban J connectivity index is 2.25. The average molecular weight is 316 g/mol. The van der Waals surface area contributed by atoms with Crippen LogP contribution in [0.25, 0.3) is 10.9 Å². The van der Waals surface area contributed by atoms with E-state index < -0.39 is 6.10 Å². The van der Waals surface area contributed by atoms with Crippen molar-refractivity contribution in [2.45, 2.75) is 33.8 Å². The fourth-order valence-corrected chi connectivity index (χ4v) is 2.46. The normalized spacial score (nSPS) is 12.4. The van der Waals surface area contributed by atoms with Gasteiger partial charge in [0.15, 0.2) is 0 Å². The lowest BCUT2D eigenvalue weighted by molar-refractivity contribution is 0.0418. The van der Waals surface area contributed by atoms with Gasteiger partial charge in [0, 0.05) is 24.2 Å². The van der Waals surface area contributed by atoms with Gasteiger partial charge in [0.1, 0.15) is 0 Å². The molecular weight excluding hydrogens is 292 g/mol. The maximum Gasteiger partial charge on any atom is 0.252 e. The molecule has 23 heavy (non-hydrogen) atoms. The largest absolute Gasteiger partial charge is 0.389 e. The molecule has 5 nitrogen and oxygen atoms in total. The summed E-state index contributed by atoms with van der Waals surface area (Å²) in [5, 5.41) is 13.4. The fraction of sp³-hybridized carbons (Fsp3) is 0.444. The van der Waals surface area contributed by atoms with Gasteiger partial charge in [0.2, 0.25) is 0 Å². The third kappa shape index (κ3) is 4.06. The number of pyridine rings is 1. The molecule has 0 aliphatic heterocycles. The minimum absolute atomic E-state index is 0.159. The molecule has 0 unspecified atom stereocenters. The summed E-state index contributed by atoms with van der Waals surface area (Å²) in [6, 6.07) is 5.70. The van der Waals surface area contributed by atoms with Gasteiger partial charge in [-0.1, -0.05) is 12.1 Å². The summed E-state index contributed by atoms with van der Waals surface area (Å²) in [5.74, 6) is -0.209. The maximum atomic E-state index is 12.5. The molecule has 124 valence electrons. The Bertz CT molecular complexity index is 713. The van der Waals surface area contributed by atoms with Crippen LogP contribution in [0.5, 0.6) is 0 Å². The summed E-state index contributed by atoms with van der Waals surface area (Å²) in [5.41, 5.74) is 4.46. The van der Waals surface area contributed by atoms with Gasteiger partial charge < -0.3 is 15.2 Å². The zero-order chi connectivity index (χ0) is 17.0. The molecule has 0 saturated heterocycles. The van der Waals surface area contributed by atoms with Crippen molar-refractivity contribution in [1.82, 2.24) is 10.3 Å². The summed E-state index contributed by atoms with van der Waals surface area (Å²) in [4.78, 5) is 17.1. The Hall–Kier alpha value is -1.98. The van der Waals surface area contributed by atoms with Gasteiger partial charge in [0.25, 0.3) is 5.91 Å². The second-order valence-corrected chi connectivity index (χ2v) is 5.74. The lowest BCUT2D eigenvalue weighted by atomic mass is 10.0. The van der Waals surface area contributed by atoms with Crippen LogP contribution in [0, 0.1) is 20.8 Å². The number of carbonyl (C=O) groups is 1. The minimum atomic E-state index is -0.711. The van der Waals surface area contributed by atoms with Crippen LogP contribution in [0.3, 0.4) is 0 Å². The molecule has 1 heterocycles. The molecule has 0 aliphatic rings.